The predicted molar refractivity (Wildman–Crippen MR) is 41.3 cm³/mol. The zero-order chi connectivity index (χ0) is 8.59. The lowest BCUT2D eigenvalue weighted by Crippen LogP contribution is -2.37. The van der Waals surface area contributed by atoms with E-state index in [1.165, 1.54) is 24.9 Å². The predicted octanol–water partition coefficient (Wildman–Crippen LogP) is -1.33. The van der Waals surface area contributed by atoms with Crippen LogP contribution in [0.5, 0.6) is 0 Å². The molecule has 0 amide bonds. The summed E-state index contributed by atoms with van der Waals surface area (Å²) in [6.45, 7) is 0. The molecule has 11 heavy (non-hydrogen) atoms. The van der Waals surface area contributed by atoms with E-state index >= 15 is 0 Å². The van der Waals surface area contributed by atoms with Gasteiger partial charge in [-0.3, -0.25) is 9.36 Å². The fraction of sp³-hybridized carbons (Fsp3) is 0.333. The standard InChI is InChI=1S/C6H9N3O2/c1-8-3-4(7)5(10)9(2)6(8)11/h3H,7H2,1-2H3. The van der Waals surface area contributed by atoms with Gasteiger partial charge in [0.2, 0.25) is 0 Å². The van der Waals surface area contributed by atoms with Gasteiger partial charge in [0.05, 0.1) is 0 Å². The van der Waals surface area contributed by atoms with Gasteiger partial charge in [-0.1, -0.05) is 0 Å². The van der Waals surface area contributed by atoms with Crippen molar-refractivity contribution in [2.24, 2.45) is 14.1 Å². The molecule has 0 saturated heterocycles. The number of aryl methyl sites for hydroxylation is 1. The van der Waals surface area contributed by atoms with Crippen molar-refractivity contribution >= 4 is 5.69 Å². The molecule has 2 N–H and O–H groups in total. The molecule has 0 aliphatic carbocycles. The van der Waals surface area contributed by atoms with E-state index in [1.807, 2.05) is 0 Å². The zero-order valence-corrected chi connectivity index (χ0v) is 6.37. The molecule has 1 aromatic rings. The first-order valence-electron chi connectivity index (χ1n) is 3.06. The van der Waals surface area contributed by atoms with Crippen molar-refractivity contribution in [2.45, 2.75) is 0 Å². The second kappa shape index (κ2) is 2.26. The van der Waals surface area contributed by atoms with Gasteiger partial charge < -0.3 is 10.3 Å². The number of hydrogen-bond donors (Lipinski definition) is 1. The van der Waals surface area contributed by atoms with Crippen LogP contribution in [0, 0.1) is 0 Å². The fourth-order valence-corrected chi connectivity index (χ4v) is 0.836. The smallest absolute Gasteiger partial charge is 0.330 e. The Kier molecular flexibility index (Phi) is 1.56. The van der Waals surface area contributed by atoms with Gasteiger partial charge in [0.1, 0.15) is 5.69 Å². The lowest BCUT2D eigenvalue weighted by atomic mass is 10.5. The lowest BCUT2D eigenvalue weighted by Gasteiger charge is -2.01. The molecule has 60 valence electrons. The molecular weight excluding hydrogens is 146 g/mol. The molecule has 5 nitrogen and oxygen atoms in total. The molecule has 1 heterocycles. The molecule has 0 spiro atoms. The fourth-order valence-electron chi connectivity index (χ4n) is 0.836. The SMILES string of the molecule is Cn1cc(N)c(=O)n(C)c1=O. The Morgan fingerprint density at radius 3 is 2.45 bits per heavy atom. The Morgan fingerprint density at radius 1 is 1.36 bits per heavy atom. The summed E-state index contributed by atoms with van der Waals surface area (Å²) in [5, 5.41) is 0. The quantitative estimate of drug-likeness (QED) is 0.504. The monoisotopic (exact) mass is 155 g/mol. The van der Waals surface area contributed by atoms with Crippen LogP contribution in [0.4, 0.5) is 5.69 Å². The number of nitrogens with two attached hydrogens (primary N) is 1. The highest BCUT2D eigenvalue weighted by molar-refractivity contribution is 5.30. The third kappa shape index (κ3) is 1.04. The van der Waals surface area contributed by atoms with Gasteiger partial charge >= 0.3 is 5.69 Å². The Bertz CT molecular complexity index is 354. The van der Waals surface area contributed by atoms with Crippen molar-refractivity contribution in [2.75, 3.05) is 5.73 Å². The molecule has 0 bridgehead atoms. The van der Waals surface area contributed by atoms with Crippen LogP contribution < -0.4 is 17.0 Å². The second-order valence-corrected chi connectivity index (χ2v) is 2.34. The summed E-state index contributed by atoms with van der Waals surface area (Å²) in [5.74, 6) is 0. The van der Waals surface area contributed by atoms with Crippen molar-refractivity contribution < 1.29 is 0 Å². The first kappa shape index (κ1) is 7.59. The minimum Gasteiger partial charge on any atom is -0.393 e. The molecule has 0 atom stereocenters. The van der Waals surface area contributed by atoms with Crippen LogP contribution in [0.15, 0.2) is 15.8 Å². The summed E-state index contributed by atoms with van der Waals surface area (Å²) >= 11 is 0. The van der Waals surface area contributed by atoms with Gasteiger partial charge in [0, 0.05) is 20.3 Å². The number of nitrogens with zero attached hydrogens (tertiary/aromatic N) is 2. The third-order valence-electron chi connectivity index (χ3n) is 1.47. The van der Waals surface area contributed by atoms with E-state index in [4.69, 9.17) is 5.73 Å². The Morgan fingerprint density at radius 2 is 1.91 bits per heavy atom. The van der Waals surface area contributed by atoms with Crippen molar-refractivity contribution in [1.29, 1.82) is 0 Å². The van der Waals surface area contributed by atoms with E-state index < -0.39 is 5.56 Å². The second-order valence-electron chi connectivity index (χ2n) is 2.34. The highest BCUT2D eigenvalue weighted by Crippen LogP contribution is 1.83. The third-order valence-corrected chi connectivity index (χ3v) is 1.47. The lowest BCUT2D eigenvalue weighted by molar-refractivity contribution is 0.690. The van der Waals surface area contributed by atoms with Gasteiger partial charge in [-0.15, -0.1) is 0 Å². The molecule has 0 saturated carbocycles. The number of nitrogen functional groups attached to an aromatic ring is 1. The van der Waals surface area contributed by atoms with Gasteiger partial charge in [-0.05, 0) is 0 Å². The molecule has 0 unspecified atom stereocenters. The van der Waals surface area contributed by atoms with E-state index in [0.717, 1.165) is 4.57 Å². The Labute approximate surface area is 62.7 Å². The Hall–Kier alpha value is -1.52. The molecule has 0 aliphatic heterocycles. The number of aromatic nitrogens is 2. The maximum atomic E-state index is 11.0. The summed E-state index contributed by atoms with van der Waals surface area (Å²) in [6.07, 6.45) is 1.31. The van der Waals surface area contributed by atoms with Crippen molar-refractivity contribution in [3.8, 4) is 0 Å². The first-order valence-corrected chi connectivity index (χ1v) is 3.06. The summed E-state index contributed by atoms with van der Waals surface area (Å²) in [4.78, 5) is 22.0. The van der Waals surface area contributed by atoms with Crippen LogP contribution in [-0.4, -0.2) is 9.13 Å². The normalized spacial score (nSPS) is 10.0. The maximum Gasteiger partial charge on any atom is 0.330 e. The van der Waals surface area contributed by atoms with Crippen molar-refractivity contribution in [3.63, 3.8) is 0 Å². The molecule has 0 aromatic carbocycles. The van der Waals surface area contributed by atoms with Crippen LogP contribution in [0.1, 0.15) is 0 Å². The minimum absolute atomic E-state index is 0.0783. The summed E-state index contributed by atoms with van der Waals surface area (Å²) in [7, 11) is 2.93. The van der Waals surface area contributed by atoms with Crippen LogP contribution in [0.2, 0.25) is 0 Å². The van der Waals surface area contributed by atoms with E-state index in [9.17, 15) is 9.59 Å². The van der Waals surface area contributed by atoms with Crippen molar-refractivity contribution in [3.05, 3.63) is 27.0 Å². The maximum absolute atomic E-state index is 11.0. The van der Waals surface area contributed by atoms with Crippen LogP contribution >= 0.6 is 0 Å². The summed E-state index contributed by atoms with van der Waals surface area (Å²) in [6, 6.07) is 0. The first-order chi connectivity index (χ1) is 5.04. The molecule has 5 heteroatoms. The van der Waals surface area contributed by atoms with Crippen LogP contribution in [-0.2, 0) is 14.1 Å². The number of hydrogen-bond acceptors (Lipinski definition) is 3. The number of anilines is 1. The summed E-state index contributed by atoms with van der Waals surface area (Å²) in [5.41, 5.74) is 4.55. The van der Waals surface area contributed by atoms with E-state index in [0.29, 0.717) is 0 Å². The largest absolute Gasteiger partial charge is 0.393 e. The van der Waals surface area contributed by atoms with E-state index in [-0.39, 0.29) is 11.4 Å². The van der Waals surface area contributed by atoms with Gasteiger partial charge in [-0.2, -0.15) is 0 Å². The molecule has 1 aromatic heterocycles. The zero-order valence-electron chi connectivity index (χ0n) is 6.37. The van der Waals surface area contributed by atoms with Gasteiger partial charge in [0.25, 0.3) is 5.56 Å². The molecule has 0 aliphatic rings. The number of rotatable bonds is 0. The molecule has 0 fully saturated rings. The van der Waals surface area contributed by atoms with Crippen LogP contribution in [0.25, 0.3) is 0 Å². The average molecular weight is 155 g/mol. The van der Waals surface area contributed by atoms with E-state index in [2.05, 4.69) is 0 Å². The topological polar surface area (TPSA) is 70.0 Å². The van der Waals surface area contributed by atoms with Crippen molar-refractivity contribution in [1.82, 2.24) is 9.13 Å². The molecule has 0 radical (unpaired) electrons. The minimum atomic E-state index is -0.451. The molecule has 1 rings (SSSR count). The van der Waals surface area contributed by atoms with E-state index in [1.54, 1.807) is 0 Å². The van der Waals surface area contributed by atoms with Gasteiger partial charge in [0.15, 0.2) is 0 Å². The summed E-state index contributed by atoms with van der Waals surface area (Å²) < 4.78 is 2.23. The molecular formula is C6H9N3O2. The Balaban J connectivity index is 3.74. The highest BCUT2D eigenvalue weighted by atomic mass is 16.2. The highest BCUT2D eigenvalue weighted by Gasteiger charge is 2.01. The average Bonchev–Trinajstić information content (AvgIpc) is 1.97. The van der Waals surface area contributed by atoms with Gasteiger partial charge in [-0.25, -0.2) is 4.79 Å². The van der Waals surface area contributed by atoms with Crippen LogP contribution in [0.3, 0.4) is 0 Å².